The Kier molecular flexibility index (Phi) is 4.06. The fourth-order valence-electron chi connectivity index (χ4n) is 1.09. The number of carbonyl (C=O) groups is 1. The van der Waals surface area contributed by atoms with Gasteiger partial charge >= 0.3 is 5.97 Å². The molecule has 0 aromatic carbocycles. The molecule has 0 aliphatic carbocycles. The zero-order valence-corrected chi connectivity index (χ0v) is 10.7. The van der Waals surface area contributed by atoms with Gasteiger partial charge in [-0.2, -0.15) is 8.42 Å². The topological polar surface area (TPSA) is 69.7 Å². The van der Waals surface area contributed by atoms with Crippen LogP contribution in [0.25, 0.3) is 0 Å². The van der Waals surface area contributed by atoms with Crippen molar-refractivity contribution < 1.29 is 22.1 Å². The molecule has 16 heavy (non-hydrogen) atoms. The first-order chi connectivity index (χ1) is 7.33. The number of esters is 1. The van der Waals surface area contributed by atoms with Gasteiger partial charge in [-0.05, 0) is 19.1 Å². The molecule has 1 aromatic rings. The molecule has 7 heteroatoms. The number of carbonyl (C=O) groups excluding carboxylic acids is 1. The van der Waals surface area contributed by atoms with Crippen molar-refractivity contribution in [2.75, 3.05) is 13.4 Å². The lowest BCUT2D eigenvalue weighted by Gasteiger charge is -2.07. The first-order valence-corrected chi connectivity index (χ1v) is 7.03. The van der Waals surface area contributed by atoms with Crippen LogP contribution in [0.3, 0.4) is 0 Å². The van der Waals surface area contributed by atoms with Crippen LogP contribution >= 0.6 is 11.3 Å². The smallest absolute Gasteiger partial charge is 0.348 e. The predicted octanol–water partition coefficient (Wildman–Crippen LogP) is 1.57. The number of methoxy groups -OCH3 is 1. The van der Waals surface area contributed by atoms with Crippen molar-refractivity contribution in [2.45, 2.75) is 13.0 Å². The Bertz CT molecular complexity index is 474. The second-order valence-electron chi connectivity index (χ2n) is 3.14. The van der Waals surface area contributed by atoms with Gasteiger partial charge in [0.15, 0.2) is 0 Å². The van der Waals surface area contributed by atoms with Gasteiger partial charge in [0.25, 0.3) is 10.1 Å². The van der Waals surface area contributed by atoms with Gasteiger partial charge in [-0.15, -0.1) is 11.3 Å². The molecule has 1 unspecified atom stereocenters. The van der Waals surface area contributed by atoms with Crippen molar-refractivity contribution in [1.82, 2.24) is 0 Å². The molecule has 1 atom stereocenters. The Morgan fingerprint density at radius 3 is 2.56 bits per heavy atom. The summed E-state index contributed by atoms with van der Waals surface area (Å²) in [5.74, 6) is -0.442. The molecule has 0 aliphatic rings. The highest BCUT2D eigenvalue weighted by Crippen LogP contribution is 2.27. The first-order valence-electron chi connectivity index (χ1n) is 4.40. The van der Waals surface area contributed by atoms with E-state index in [2.05, 4.69) is 4.74 Å². The summed E-state index contributed by atoms with van der Waals surface area (Å²) in [6.45, 7) is 1.61. The standard InChI is InChI=1S/C9H12O5S2/c1-6(14-16(3,11)12)7-4-5-8(15-7)9(10)13-2/h4-6H,1-3H3. The van der Waals surface area contributed by atoms with Gasteiger partial charge in [0.05, 0.1) is 13.4 Å². The predicted molar refractivity (Wildman–Crippen MR) is 60.0 cm³/mol. The van der Waals surface area contributed by atoms with Crippen molar-refractivity contribution in [3.8, 4) is 0 Å². The summed E-state index contributed by atoms with van der Waals surface area (Å²) >= 11 is 1.15. The van der Waals surface area contributed by atoms with E-state index in [1.54, 1.807) is 19.1 Å². The lowest BCUT2D eigenvalue weighted by atomic mass is 10.3. The zero-order valence-electron chi connectivity index (χ0n) is 9.09. The first kappa shape index (κ1) is 13.1. The molecular weight excluding hydrogens is 252 g/mol. The summed E-state index contributed by atoms with van der Waals surface area (Å²) < 4.78 is 31.1. The molecule has 90 valence electrons. The van der Waals surface area contributed by atoms with Gasteiger partial charge < -0.3 is 4.74 Å². The third-order valence-corrected chi connectivity index (χ3v) is 3.60. The summed E-state index contributed by atoms with van der Waals surface area (Å²) in [4.78, 5) is 12.2. The van der Waals surface area contributed by atoms with Crippen LogP contribution < -0.4 is 0 Å². The number of hydrogen-bond acceptors (Lipinski definition) is 6. The average molecular weight is 264 g/mol. The minimum atomic E-state index is -3.50. The quantitative estimate of drug-likeness (QED) is 0.610. The Labute approximate surface area is 98.1 Å². The van der Waals surface area contributed by atoms with E-state index in [0.717, 1.165) is 17.6 Å². The summed E-state index contributed by atoms with van der Waals surface area (Å²) in [5.41, 5.74) is 0. The number of thiophene rings is 1. The fraction of sp³-hybridized carbons (Fsp3) is 0.444. The van der Waals surface area contributed by atoms with Crippen molar-refractivity contribution in [3.63, 3.8) is 0 Å². The average Bonchev–Trinajstić information content (AvgIpc) is 2.62. The number of ether oxygens (including phenoxy) is 1. The lowest BCUT2D eigenvalue weighted by Crippen LogP contribution is -2.06. The van der Waals surface area contributed by atoms with Gasteiger partial charge in [0, 0.05) is 4.88 Å². The van der Waals surface area contributed by atoms with E-state index in [4.69, 9.17) is 4.18 Å². The second kappa shape index (κ2) is 4.94. The molecule has 0 amide bonds. The largest absolute Gasteiger partial charge is 0.465 e. The van der Waals surface area contributed by atoms with Crippen molar-refractivity contribution >= 4 is 27.4 Å². The second-order valence-corrected chi connectivity index (χ2v) is 5.85. The molecule has 1 heterocycles. The van der Waals surface area contributed by atoms with Crippen LogP contribution in [-0.2, 0) is 19.0 Å². The zero-order chi connectivity index (χ0) is 12.3. The van der Waals surface area contributed by atoms with Gasteiger partial charge in [-0.25, -0.2) is 4.79 Å². The van der Waals surface area contributed by atoms with Gasteiger partial charge in [0.1, 0.15) is 11.0 Å². The summed E-state index contributed by atoms with van der Waals surface area (Å²) in [5, 5.41) is 0. The third kappa shape index (κ3) is 3.58. The van der Waals surface area contributed by atoms with Crippen molar-refractivity contribution in [1.29, 1.82) is 0 Å². The van der Waals surface area contributed by atoms with Crippen LogP contribution in [0, 0.1) is 0 Å². The Morgan fingerprint density at radius 1 is 1.44 bits per heavy atom. The van der Waals surface area contributed by atoms with Crippen LogP contribution in [0.1, 0.15) is 27.6 Å². The van der Waals surface area contributed by atoms with E-state index in [-0.39, 0.29) is 0 Å². The van der Waals surface area contributed by atoms with Crippen LogP contribution in [-0.4, -0.2) is 27.8 Å². The highest BCUT2D eigenvalue weighted by Gasteiger charge is 2.17. The Hall–Kier alpha value is -0.920. The molecule has 1 rings (SSSR count). The molecule has 0 saturated carbocycles. The van der Waals surface area contributed by atoms with E-state index in [9.17, 15) is 13.2 Å². The van der Waals surface area contributed by atoms with Gasteiger partial charge in [0.2, 0.25) is 0 Å². The van der Waals surface area contributed by atoms with Crippen LogP contribution in [0.2, 0.25) is 0 Å². The summed E-state index contributed by atoms with van der Waals surface area (Å²) in [6, 6.07) is 3.22. The summed E-state index contributed by atoms with van der Waals surface area (Å²) in [6.07, 6.45) is 0.386. The maximum absolute atomic E-state index is 11.2. The highest BCUT2D eigenvalue weighted by atomic mass is 32.2. The number of rotatable bonds is 4. The van der Waals surface area contributed by atoms with Crippen molar-refractivity contribution in [2.24, 2.45) is 0 Å². The third-order valence-electron chi connectivity index (χ3n) is 1.73. The Morgan fingerprint density at radius 2 is 2.06 bits per heavy atom. The Balaban J connectivity index is 2.82. The molecular formula is C9H12O5S2. The SMILES string of the molecule is COC(=O)c1ccc(C(C)OS(C)(=O)=O)s1. The molecule has 0 radical (unpaired) electrons. The van der Waals surface area contributed by atoms with E-state index < -0.39 is 22.2 Å². The molecule has 0 N–H and O–H groups in total. The molecule has 0 saturated heterocycles. The maximum Gasteiger partial charge on any atom is 0.348 e. The van der Waals surface area contributed by atoms with Gasteiger partial charge in [-0.1, -0.05) is 0 Å². The molecule has 0 aliphatic heterocycles. The van der Waals surface area contributed by atoms with E-state index in [1.807, 2.05) is 0 Å². The fourth-order valence-corrected chi connectivity index (χ4v) is 2.69. The molecule has 0 fully saturated rings. The minimum absolute atomic E-state index is 0.418. The minimum Gasteiger partial charge on any atom is -0.465 e. The van der Waals surface area contributed by atoms with Crippen molar-refractivity contribution in [3.05, 3.63) is 21.9 Å². The highest BCUT2D eigenvalue weighted by molar-refractivity contribution is 7.86. The van der Waals surface area contributed by atoms with Crippen LogP contribution in [0.15, 0.2) is 12.1 Å². The lowest BCUT2D eigenvalue weighted by molar-refractivity contribution is 0.0606. The molecule has 1 aromatic heterocycles. The van der Waals surface area contributed by atoms with Crippen LogP contribution in [0.5, 0.6) is 0 Å². The van der Waals surface area contributed by atoms with Crippen LogP contribution in [0.4, 0.5) is 0 Å². The molecule has 0 spiro atoms. The summed E-state index contributed by atoms with van der Waals surface area (Å²) in [7, 11) is -2.21. The van der Waals surface area contributed by atoms with E-state index in [0.29, 0.717) is 9.75 Å². The van der Waals surface area contributed by atoms with Gasteiger partial charge in [-0.3, -0.25) is 4.18 Å². The van der Waals surface area contributed by atoms with E-state index in [1.165, 1.54) is 7.11 Å². The van der Waals surface area contributed by atoms with E-state index >= 15 is 0 Å². The molecule has 0 bridgehead atoms. The monoisotopic (exact) mass is 264 g/mol. The normalized spacial score (nSPS) is 13.4. The molecule has 5 nitrogen and oxygen atoms in total. The number of hydrogen-bond donors (Lipinski definition) is 0. The maximum atomic E-state index is 11.2.